The number of halogens is 2. The summed E-state index contributed by atoms with van der Waals surface area (Å²) in [5, 5.41) is 28.7. The predicted octanol–water partition coefficient (Wildman–Crippen LogP) is 3.33. The average molecular weight is 419 g/mol. The Balaban J connectivity index is 1.80. The molecule has 0 saturated carbocycles. The average Bonchev–Trinajstić information content (AvgIpc) is 3.30. The Morgan fingerprint density at radius 1 is 1.18 bits per heavy atom. The number of hydrogen-bond donors (Lipinski definition) is 2. The van der Waals surface area contributed by atoms with E-state index < -0.39 is 5.97 Å². The van der Waals surface area contributed by atoms with E-state index in [1.54, 1.807) is 18.2 Å². The quantitative estimate of drug-likeness (QED) is 0.521. The SMILES string of the molecule is C[C@@H](c1cc(Cl)ccc1Cl)n1ncc2nc(-n3cc(C(=O)O)cn3)nc(O)c21. The van der Waals surface area contributed by atoms with Crippen molar-refractivity contribution >= 4 is 40.2 Å². The van der Waals surface area contributed by atoms with Crippen LogP contribution in [-0.2, 0) is 0 Å². The highest BCUT2D eigenvalue weighted by Crippen LogP contribution is 2.32. The first-order valence-electron chi connectivity index (χ1n) is 8.02. The summed E-state index contributed by atoms with van der Waals surface area (Å²) in [4.78, 5) is 19.3. The largest absolute Gasteiger partial charge is 0.492 e. The van der Waals surface area contributed by atoms with Crippen LogP contribution in [0.5, 0.6) is 5.88 Å². The first-order valence-corrected chi connectivity index (χ1v) is 8.78. The molecule has 0 saturated heterocycles. The van der Waals surface area contributed by atoms with Gasteiger partial charge in [0, 0.05) is 16.2 Å². The lowest BCUT2D eigenvalue weighted by Gasteiger charge is -2.16. The zero-order chi connectivity index (χ0) is 20.0. The van der Waals surface area contributed by atoms with Crippen molar-refractivity contribution in [2.75, 3.05) is 0 Å². The lowest BCUT2D eigenvalue weighted by Crippen LogP contribution is -2.10. The lowest BCUT2D eigenvalue weighted by atomic mass is 10.1. The van der Waals surface area contributed by atoms with Gasteiger partial charge in [0.2, 0.25) is 5.88 Å². The zero-order valence-electron chi connectivity index (χ0n) is 14.3. The molecule has 4 rings (SSSR count). The monoisotopic (exact) mass is 418 g/mol. The Morgan fingerprint density at radius 3 is 2.68 bits per heavy atom. The van der Waals surface area contributed by atoms with Crippen molar-refractivity contribution < 1.29 is 15.0 Å². The van der Waals surface area contributed by atoms with Crippen molar-refractivity contribution in [3.63, 3.8) is 0 Å². The fraction of sp³-hybridized carbons (Fsp3) is 0.118. The number of nitrogens with zero attached hydrogens (tertiary/aromatic N) is 6. The van der Waals surface area contributed by atoms with Crippen LogP contribution >= 0.6 is 23.2 Å². The van der Waals surface area contributed by atoms with E-state index in [0.29, 0.717) is 21.1 Å². The first-order chi connectivity index (χ1) is 13.3. The van der Waals surface area contributed by atoms with Crippen LogP contribution in [-0.4, -0.2) is 45.7 Å². The fourth-order valence-corrected chi connectivity index (χ4v) is 3.29. The molecule has 0 aliphatic carbocycles. The normalized spacial score (nSPS) is 12.4. The molecule has 11 heteroatoms. The van der Waals surface area contributed by atoms with E-state index in [2.05, 4.69) is 20.2 Å². The van der Waals surface area contributed by atoms with Gasteiger partial charge in [0.15, 0.2) is 0 Å². The van der Waals surface area contributed by atoms with Gasteiger partial charge in [0.05, 0.1) is 24.0 Å². The third-order valence-corrected chi connectivity index (χ3v) is 4.80. The van der Waals surface area contributed by atoms with Gasteiger partial charge in [-0.2, -0.15) is 15.2 Å². The highest BCUT2D eigenvalue weighted by Gasteiger charge is 2.21. The van der Waals surface area contributed by atoms with Crippen LogP contribution in [0.2, 0.25) is 10.0 Å². The highest BCUT2D eigenvalue weighted by atomic mass is 35.5. The van der Waals surface area contributed by atoms with Crippen molar-refractivity contribution in [2.45, 2.75) is 13.0 Å². The molecular weight excluding hydrogens is 407 g/mol. The number of aromatic nitrogens is 6. The van der Waals surface area contributed by atoms with Gasteiger partial charge in [-0.25, -0.2) is 14.5 Å². The summed E-state index contributed by atoms with van der Waals surface area (Å²) in [6.07, 6.45) is 3.89. The molecular formula is C17H12Cl2N6O3. The van der Waals surface area contributed by atoms with Gasteiger partial charge in [-0.15, -0.1) is 0 Å². The van der Waals surface area contributed by atoms with Crippen LogP contribution in [0.1, 0.15) is 28.9 Å². The summed E-state index contributed by atoms with van der Waals surface area (Å²) >= 11 is 12.3. The lowest BCUT2D eigenvalue weighted by molar-refractivity contribution is 0.0697. The molecule has 0 aliphatic rings. The van der Waals surface area contributed by atoms with Crippen LogP contribution in [0.4, 0.5) is 0 Å². The molecule has 1 atom stereocenters. The van der Waals surface area contributed by atoms with E-state index in [0.717, 1.165) is 10.2 Å². The summed E-state index contributed by atoms with van der Waals surface area (Å²) < 4.78 is 2.70. The van der Waals surface area contributed by atoms with E-state index in [4.69, 9.17) is 28.3 Å². The molecule has 1 aromatic carbocycles. The van der Waals surface area contributed by atoms with E-state index in [-0.39, 0.29) is 23.4 Å². The first kappa shape index (κ1) is 18.2. The predicted molar refractivity (Wildman–Crippen MR) is 101 cm³/mol. The number of benzene rings is 1. The minimum atomic E-state index is -1.13. The van der Waals surface area contributed by atoms with Crippen LogP contribution in [0.3, 0.4) is 0 Å². The Bertz CT molecular complexity index is 1220. The Labute approximate surface area is 167 Å². The van der Waals surface area contributed by atoms with E-state index in [1.807, 2.05) is 6.92 Å². The number of carboxylic acid groups (broad SMARTS) is 1. The molecule has 0 radical (unpaired) electrons. The van der Waals surface area contributed by atoms with Gasteiger partial charge in [-0.1, -0.05) is 23.2 Å². The van der Waals surface area contributed by atoms with Crippen LogP contribution in [0, 0.1) is 0 Å². The number of aromatic carboxylic acids is 1. The van der Waals surface area contributed by atoms with Gasteiger partial charge < -0.3 is 10.2 Å². The van der Waals surface area contributed by atoms with Gasteiger partial charge in [-0.05, 0) is 30.7 Å². The minimum Gasteiger partial charge on any atom is -0.492 e. The number of hydrogen-bond acceptors (Lipinski definition) is 6. The Hall–Kier alpha value is -3.17. The molecule has 0 amide bonds. The smallest absolute Gasteiger partial charge is 0.338 e. The summed E-state index contributed by atoms with van der Waals surface area (Å²) in [6.45, 7) is 1.85. The molecule has 0 unspecified atom stereocenters. The minimum absolute atomic E-state index is 0.0190. The van der Waals surface area contributed by atoms with Gasteiger partial charge in [0.25, 0.3) is 5.95 Å². The Kier molecular flexibility index (Phi) is 4.40. The third kappa shape index (κ3) is 3.04. The summed E-state index contributed by atoms with van der Waals surface area (Å²) in [5.41, 5.74) is 1.36. The molecule has 0 bridgehead atoms. The van der Waals surface area contributed by atoms with E-state index in [1.165, 1.54) is 23.3 Å². The maximum Gasteiger partial charge on any atom is 0.338 e. The second-order valence-electron chi connectivity index (χ2n) is 5.99. The van der Waals surface area contributed by atoms with Crippen LogP contribution < -0.4 is 0 Å². The topological polar surface area (TPSA) is 119 Å². The van der Waals surface area contributed by atoms with Crippen molar-refractivity contribution in [3.8, 4) is 11.8 Å². The summed E-state index contributed by atoms with van der Waals surface area (Å²) in [5.74, 6) is -1.43. The molecule has 3 heterocycles. The Morgan fingerprint density at radius 2 is 1.96 bits per heavy atom. The molecule has 2 N–H and O–H groups in total. The molecule has 0 spiro atoms. The van der Waals surface area contributed by atoms with Crippen molar-refractivity contribution in [1.82, 2.24) is 29.5 Å². The standard InChI is InChI=1S/C17H12Cl2N6O3/c1-8(11-4-10(18)2-3-12(11)19)25-14-13(6-21-25)22-17(23-15(14)26)24-7-9(5-20-24)16(27)28/h2-8H,1H3,(H,27,28)(H,22,23,26)/t8-/m0/s1. The molecule has 28 heavy (non-hydrogen) atoms. The number of carboxylic acids is 1. The molecule has 3 aromatic heterocycles. The second kappa shape index (κ2) is 6.77. The van der Waals surface area contributed by atoms with Crippen LogP contribution in [0.15, 0.2) is 36.8 Å². The number of carbonyl (C=O) groups is 1. The van der Waals surface area contributed by atoms with Crippen LogP contribution in [0.25, 0.3) is 17.0 Å². The highest BCUT2D eigenvalue weighted by molar-refractivity contribution is 6.33. The number of rotatable bonds is 4. The fourth-order valence-electron chi connectivity index (χ4n) is 2.84. The maximum absolute atomic E-state index is 11.0. The van der Waals surface area contributed by atoms with Crippen molar-refractivity contribution in [2.24, 2.45) is 0 Å². The molecule has 9 nitrogen and oxygen atoms in total. The third-order valence-electron chi connectivity index (χ3n) is 4.22. The summed E-state index contributed by atoms with van der Waals surface area (Å²) in [7, 11) is 0. The summed E-state index contributed by atoms with van der Waals surface area (Å²) in [6, 6.07) is 4.75. The molecule has 4 aromatic rings. The molecule has 0 aliphatic heterocycles. The van der Waals surface area contributed by atoms with Gasteiger partial charge in [0.1, 0.15) is 11.0 Å². The molecule has 0 fully saturated rings. The van der Waals surface area contributed by atoms with Gasteiger partial charge >= 0.3 is 5.97 Å². The second-order valence-corrected chi connectivity index (χ2v) is 6.83. The number of fused-ring (bicyclic) bond motifs is 1. The van der Waals surface area contributed by atoms with Crippen molar-refractivity contribution in [1.29, 1.82) is 0 Å². The number of aromatic hydroxyl groups is 1. The van der Waals surface area contributed by atoms with E-state index >= 15 is 0 Å². The zero-order valence-corrected chi connectivity index (χ0v) is 15.8. The maximum atomic E-state index is 11.0. The van der Waals surface area contributed by atoms with E-state index in [9.17, 15) is 9.90 Å². The van der Waals surface area contributed by atoms with Crippen molar-refractivity contribution in [3.05, 3.63) is 58.0 Å². The van der Waals surface area contributed by atoms with Gasteiger partial charge in [-0.3, -0.25) is 4.68 Å². The molecule has 142 valence electrons.